The van der Waals surface area contributed by atoms with Gasteiger partial charge in [-0.3, -0.25) is 14.4 Å². The van der Waals surface area contributed by atoms with Gasteiger partial charge in [-0.05, 0) is 30.2 Å². The summed E-state index contributed by atoms with van der Waals surface area (Å²) >= 11 is 13.8. The fourth-order valence-electron chi connectivity index (χ4n) is 5.89. The van der Waals surface area contributed by atoms with Crippen LogP contribution in [0.3, 0.4) is 0 Å². The number of carbonyl (C=O) groups is 2. The zero-order chi connectivity index (χ0) is 31.8. The molecule has 4 N–H and O–H groups in total. The number of methoxy groups -OCH3 is 1. The van der Waals surface area contributed by atoms with Crippen LogP contribution in [0.15, 0.2) is 59.5 Å². The highest BCUT2D eigenvalue weighted by Crippen LogP contribution is 2.44. The highest BCUT2D eigenvalue weighted by Gasteiger charge is 2.36. The number of hydrogen-bond acceptors (Lipinski definition) is 8. The van der Waals surface area contributed by atoms with Crippen molar-refractivity contribution in [3.8, 4) is 28.3 Å². The molecule has 13 heteroatoms. The van der Waals surface area contributed by atoms with Crippen molar-refractivity contribution in [1.29, 1.82) is 0 Å². The molecule has 3 heterocycles. The van der Waals surface area contributed by atoms with Gasteiger partial charge in [-0.25, -0.2) is 9.67 Å². The Labute approximate surface area is 268 Å². The van der Waals surface area contributed by atoms with Crippen molar-refractivity contribution < 1.29 is 19.4 Å². The Morgan fingerprint density at radius 1 is 1.11 bits per heavy atom. The first-order valence-electron chi connectivity index (χ1n) is 14.4. The predicted molar refractivity (Wildman–Crippen MR) is 171 cm³/mol. The van der Waals surface area contributed by atoms with Crippen LogP contribution < -0.4 is 26.2 Å². The normalized spacial score (nSPS) is 18.9. The number of aryl methyl sites for hydroxylation is 1. The summed E-state index contributed by atoms with van der Waals surface area (Å²) in [6, 6.07) is 13.5. The molecule has 2 amide bonds. The topological polar surface area (TPSA) is 147 Å². The molecule has 3 atom stereocenters. The second-order valence-corrected chi connectivity index (χ2v) is 11.8. The van der Waals surface area contributed by atoms with Crippen LogP contribution >= 0.6 is 23.2 Å². The lowest BCUT2D eigenvalue weighted by Gasteiger charge is -2.22. The molecule has 11 nitrogen and oxygen atoms in total. The lowest BCUT2D eigenvalue weighted by Crippen LogP contribution is -2.39. The minimum atomic E-state index is -0.700. The van der Waals surface area contributed by atoms with Crippen LogP contribution in [0.4, 0.5) is 5.69 Å². The standard InChI is InChI=1S/C32H30Cl2N6O5/c1-40-32(44)21(11-12-36-40)30(43)38-22-8-4-6-19(28(22)34)18-5-3-7-20(27(18)33)23-13-16-14-24(41)29(26(16)31(39-23)45-2)35-15-17-9-10-25(42)37-17/h3-8,11-13,17,24,29,35,41H,9-10,14-15H2,1-2H3,(H,37,42)(H,38,43)/t17-,24-,29-/m0/s1. The number of aliphatic hydroxyl groups excluding tert-OH is 1. The maximum absolute atomic E-state index is 12.9. The van der Waals surface area contributed by atoms with Gasteiger partial charge >= 0.3 is 0 Å². The van der Waals surface area contributed by atoms with Crippen LogP contribution in [-0.2, 0) is 18.3 Å². The molecule has 45 heavy (non-hydrogen) atoms. The van der Waals surface area contributed by atoms with E-state index in [4.69, 9.17) is 32.9 Å². The summed E-state index contributed by atoms with van der Waals surface area (Å²) in [4.78, 5) is 41.7. The zero-order valence-electron chi connectivity index (χ0n) is 24.4. The van der Waals surface area contributed by atoms with Crippen molar-refractivity contribution in [2.24, 2.45) is 7.05 Å². The first kappa shape index (κ1) is 30.7. The number of pyridine rings is 1. The highest BCUT2D eigenvalue weighted by molar-refractivity contribution is 6.39. The van der Waals surface area contributed by atoms with Crippen LogP contribution in [0.2, 0.25) is 10.0 Å². The van der Waals surface area contributed by atoms with Gasteiger partial charge in [0.15, 0.2) is 0 Å². The molecule has 2 aromatic heterocycles. The number of halogens is 2. The average molecular weight is 650 g/mol. The first-order valence-corrected chi connectivity index (χ1v) is 15.1. The number of nitrogens with one attached hydrogen (secondary N) is 3. The molecule has 0 unspecified atom stereocenters. The van der Waals surface area contributed by atoms with Crippen LogP contribution in [0.1, 0.15) is 40.4 Å². The van der Waals surface area contributed by atoms with E-state index in [1.807, 2.05) is 24.3 Å². The minimum absolute atomic E-state index is 0.00941. The van der Waals surface area contributed by atoms with Crippen molar-refractivity contribution >= 4 is 40.7 Å². The van der Waals surface area contributed by atoms with Gasteiger partial charge in [-0.2, -0.15) is 5.10 Å². The van der Waals surface area contributed by atoms with Gasteiger partial charge in [-0.1, -0.05) is 53.5 Å². The Kier molecular flexibility index (Phi) is 8.61. The van der Waals surface area contributed by atoms with E-state index < -0.39 is 23.6 Å². The van der Waals surface area contributed by atoms with E-state index in [0.717, 1.165) is 22.2 Å². The molecular weight excluding hydrogens is 619 g/mol. The highest BCUT2D eigenvalue weighted by atomic mass is 35.5. The first-order chi connectivity index (χ1) is 21.7. The lowest BCUT2D eigenvalue weighted by atomic mass is 9.99. The number of aromatic nitrogens is 3. The summed E-state index contributed by atoms with van der Waals surface area (Å²) in [5.74, 6) is -0.209. The minimum Gasteiger partial charge on any atom is -0.481 e. The second-order valence-electron chi connectivity index (χ2n) is 11.0. The molecule has 0 bridgehead atoms. The summed E-state index contributed by atoms with van der Waals surface area (Å²) in [6.07, 6.45) is 2.31. The molecule has 1 saturated heterocycles. The van der Waals surface area contributed by atoms with Crippen LogP contribution in [-0.4, -0.2) is 57.5 Å². The van der Waals surface area contributed by atoms with Crippen molar-refractivity contribution in [3.05, 3.63) is 91.8 Å². The van der Waals surface area contributed by atoms with Crippen molar-refractivity contribution in [2.45, 2.75) is 37.5 Å². The number of ether oxygens (including phenoxy) is 1. The van der Waals surface area contributed by atoms with E-state index in [1.54, 1.807) is 18.2 Å². The quantitative estimate of drug-likeness (QED) is 0.225. The Hall–Kier alpha value is -4.29. The summed E-state index contributed by atoms with van der Waals surface area (Å²) in [6.45, 7) is 0.519. The number of aliphatic hydroxyl groups is 1. The lowest BCUT2D eigenvalue weighted by molar-refractivity contribution is -0.119. The number of benzene rings is 2. The number of anilines is 1. The van der Waals surface area contributed by atoms with E-state index in [-0.39, 0.29) is 22.5 Å². The average Bonchev–Trinajstić information content (AvgIpc) is 3.59. The molecule has 1 aliphatic carbocycles. The summed E-state index contributed by atoms with van der Waals surface area (Å²) in [5, 5.41) is 24.5. The summed E-state index contributed by atoms with van der Waals surface area (Å²) < 4.78 is 6.78. The van der Waals surface area contributed by atoms with Gasteiger partial charge in [0.25, 0.3) is 11.5 Å². The smallest absolute Gasteiger partial charge is 0.279 e. The maximum atomic E-state index is 12.9. The van der Waals surface area contributed by atoms with Crippen molar-refractivity contribution in [3.63, 3.8) is 0 Å². The fourth-order valence-corrected chi connectivity index (χ4v) is 6.49. The molecular formula is C32H30Cl2N6O5. The molecule has 0 saturated carbocycles. The molecule has 0 spiro atoms. The van der Waals surface area contributed by atoms with E-state index in [2.05, 4.69) is 21.0 Å². The van der Waals surface area contributed by atoms with Gasteiger partial charge in [0, 0.05) is 60.9 Å². The zero-order valence-corrected chi connectivity index (χ0v) is 25.9. The van der Waals surface area contributed by atoms with E-state index in [1.165, 1.54) is 26.4 Å². The van der Waals surface area contributed by atoms with Crippen molar-refractivity contribution in [2.75, 3.05) is 19.0 Å². The molecule has 4 aromatic rings. The molecule has 2 aromatic carbocycles. The van der Waals surface area contributed by atoms with Crippen LogP contribution in [0.25, 0.3) is 22.4 Å². The van der Waals surface area contributed by atoms with E-state index >= 15 is 0 Å². The number of carbonyl (C=O) groups excluding carboxylic acids is 2. The molecule has 0 radical (unpaired) electrons. The van der Waals surface area contributed by atoms with Gasteiger partial charge in [-0.15, -0.1) is 0 Å². The van der Waals surface area contributed by atoms with Gasteiger partial charge < -0.3 is 25.8 Å². The summed E-state index contributed by atoms with van der Waals surface area (Å²) in [7, 11) is 2.99. The third-order valence-corrected chi connectivity index (χ3v) is 8.97. The summed E-state index contributed by atoms with van der Waals surface area (Å²) in [5.41, 5.74) is 3.71. The largest absolute Gasteiger partial charge is 0.481 e. The maximum Gasteiger partial charge on any atom is 0.279 e. The van der Waals surface area contributed by atoms with Crippen LogP contribution in [0, 0.1) is 0 Å². The van der Waals surface area contributed by atoms with E-state index in [9.17, 15) is 19.5 Å². The Morgan fingerprint density at radius 3 is 2.58 bits per heavy atom. The molecule has 1 aliphatic heterocycles. The fraction of sp³-hybridized carbons (Fsp3) is 0.281. The van der Waals surface area contributed by atoms with Gasteiger partial charge in [0.05, 0.1) is 40.7 Å². The molecule has 6 rings (SSSR count). The number of amides is 2. The number of nitrogens with zero attached hydrogens (tertiary/aromatic N) is 3. The SMILES string of the molecule is COc1nc(-c2cccc(-c3cccc(NC(=O)c4ccnn(C)c4=O)c3Cl)c2Cl)cc2c1[C@@H](NC[C@@H]1CCC(=O)N1)[C@@H](O)C2. The number of hydrogen-bond donors (Lipinski definition) is 4. The third kappa shape index (κ3) is 5.91. The number of fused-ring (bicyclic) bond motifs is 1. The van der Waals surface area contributed by atoms with Crippen LogP contribution in [0.5, 0.6) is 5.88 Å². The monoisotopic (exact) mass is 648 g/mol. The third-order valence-electron chi connectivity index (χ3n) is 8.16. The molecule has 2 aliphatic rings. The predicted octanol–water partition coefficient (Wildman–Crippen LogP) is 3.90. The Balaban J connectivity index is 1.30. The Bertz CT molecular complexity index is 1880. The number of rotatable bonds is 8. The molecule has 232 valence electrons. The van der Waals surface area contributed by atoms with Crippen molar-refractivity contribution in [1.82, 2.24) is 25.4 Å². The molecule has 1 fully saturated rings. The second kappa shape index (κ2) is 12.6. The van der Waals surface area contributed by atoms with E-state index in [0.29, 0.717) is 58.4 Å². The van der Waals surface area contributed by atoms with Gasteiger partial charge in [0.2, 0.25) is 11.8 Å². The Morgan fingerprint density at radius 2 is 1.84 bits per heavy atom. The van der Waals surface area contributed by atoms with Gasteiger partial charge in [0.1, 0.15) is 5.56 Å².